The van der Waals surface area contributed by atoms with Crippen molar-refractivity contribution < 1.29 is 14.7 Å². The summed E-state index contributed by atoms with van der Waals surface area (Å²) < 4.78 is 1.37. The second-order valence-corrected chi connectivity index (χ2v) is 5.77. The van der Waals surface area contributed by atoms with Crippen LogP contribution in [0.2, 0.25) is 0 Å². The second kappa shape index (κ2) is 7.17. The lowest BCUT2D eigenvalue weighted by Crippen LogP contribution is -2.41. The topological polar surface area (TPSA) is 101 Å². The van der Waals surface area contributed by atoms with Crippen LogP contribution in [0.4, 0.5) is 0 Å². The highest BCUT2D eigenvalue weighted by atomic mass is 32.1. The van der Waals surface area contributed by atoms with Crippen molar-refractivity contribution in [2.45, 2.75) is 38.8 Å². The van der Waals surface area contributed by atoms with Gasteiger partial charge in [-0.05, 0) is 17.9 Å². The summed E-state index contributed by atoms with van der Waals surface area (Å²) in [6, 6.07) is 0.819. The summed E-state index contributed by atoms with van der Waals surface area (Å²) in [5.41, 5.74) is -0.192. The summed E-state index contributed by atoms with van der Waals surface area (Å²) in [6.07, 6.45) is 2.48. The second-order valence-electron chi connectivity index (χ2n) is 4.88. The van der Waals surface area contributed by atoms with Crippen molar-refractivity contribution in [3.8, 4) is 0 Å². The Morgan fingerprint density at radius 1 is 1.50 bits per heavy atom. The molecule has 0 radical (unpaired) electrons. The van der Waals surface area contributed by atoms with Gasteiger partial charge in [-0.15, -0.1) is 11.3 Å². The molecule has 118 valence electrons. The van der Waals surface area contributed by atoms with Crippen molar-refractivity contribution >= 4 is 33.4 Å². The number of hydrogen-bond donors (Lipinski definition) is 2. The normalized spacial score (nSPS) is 12.2. The van der Waals surface area contributed by atoms with Crippen LogP contribution in [0.3, 0.4) is 0 Å². The summed E-state index contributed by atoms with van der Waals surface area (Å²) in [7, 11) is 0. The number of aryl methyl sites for hydroxylation is 1. The van der Waals surface area contributed by atoms with Crippen LogP contribution in [0.15, 0.2) is 22.6 Å². The molecule has 1 atom stereocenters. The first-order valence-corrected chi connectivity index (χ1v) is 7.85. The molecule has 2 heterocycles. The maximum absolute atomic E-state index is 12.1. The molecule has 0 bridgehead atoms. The number of hydrogen-bond acceptors (Lipinski definition) is 5. The molecule has 0 fully saturated rings. The van der Waals surface area contributed by atoms with Gasteiger partial charge in [-0.3, -0.25) is 14.2 Å². The van der Waals surface area contributed by atoms with Crippen molar-refractivity contribution in [1.29, 1.82) is 0 Å². The Kier molecular flexibility index (Phi) is 5.26. The van der Waals surface area contributed by atoms with E-state index in [-0.39, 0.29) is 18.5 Å². The standard InChI is InChI=1S/C14H17N3O4S/c1-2-3-10(14(20)21)16-11(18)4-6-17-8-15-12-9(13(17)19)5-7-22-12/h5,7-8,10H,2-4,6H2,1H3,(H,16,18)(H,20,21). The molecule has 0 saturated carbocycles. The van der Waals surface area contributed by atoms with E-state index in [1.54, 1.807) is 11.4 Å². The van der Waals surface area contributed by atoms with Gasteiger partial charge in [-0.25, -0.2) is 9.78 Å². The molecule has 2 rings (SSSR count). The molecule has 2 N–H and O–H groups in total. The van der Waals surface area contributed by atoms with E-state index in [2.05, 4.69) is 10.3 Å². The van der Waals surface area contributed by atoms with Gasteiger partial charge in [-0.2, -0.15) is 0 Å². The van der Waals surface area contributed by atoms with E-state index in [0.717, 1.165) is 0 Å². The van der Waals surface area contributed by atoms with E-state index in [4.69, 9.17) is 5.11 Å². The van der Waals surface area contributed by atoms with E-state index >= 15 is 0 Å². The molecule has 0 aromatic carbocycles. The molecular weight excluding hydrogens is 306 g/mol. The minimum Gasteiger partial charge on any atom is -0.480 e. The van der Waals surface area contributed by atoms with Gasteiger partial charge in [-0.1, -0.05) is 13.3 Å². The van der Waals surface area contributed by atoms with E-state index in [1.807, 2.05) is 6.92 Å². The van der Waals surface area contributed by atoms with E-state index in [1.165, 1.54) is 22.2 Å². The van der Waals surface area contributed by atoms with Gasteiger partial charge in [0.05, 0.1) is 11.7 Å². The number of rotatable bonds is 7. The molecule has 8 heteroatoms. The first-order chi connectivity index (χ1) is 10.5. The van der Waals surface area contributed by atoms with Crippen molar-refractivity contribution in [3.63, 3.8) is 0 Å². The molecule has 0 aliphatic carbocycles. The summed E-state index contributed by atoms with van der Waals surface area (Å²) >= 11 is 1.38. The van der Waals surface area contributed by atoms with Crippen molar-refractivity contribution in [3.05, 3.63) is 28.1 Å². The summed E-state index contributed by atoms with van der Waals surface area (Å²) in [5.74, 6) is -1.44. The van der Waals surface area contributed by atoms with Crippen molar-refractivity contribution in [2.75, 3.05) is 0 Å². The number of amides is 1. The maximum atomic E-state index is 12.1. The first-order valence-electron chi connectivity index (χ1n) is 6.97. The van der Waals surface area contributed by atoms with E-state index < -0.39 is 17.9 Å². The molecule has 2 aromatic rings. The van der Waals surface area contributed by atoms with Gasteiger partial charge in [0.25, 0.3) is 5.56 Å². The number of aliphatic carboxylic acids is 1. The fourth-order valence-electron chi connectivity index (χ4n) is 2.09. The zero-order valence-corrected chi connectivity index (χ0v) is 12.9. The van der Waals surface area contributed by atoms with Gasteiger partial charge >= 0.3 is 5.97 Å². The Hall–Kier alpha value is -2.22. The number of carbonyl (C=O) groups is 2. The fraction of sp³-hybridized carbons (Fsp3) is 0.429. The Morgan fingerprint density at radius 2 is 2.27 bits per heavy atom. The van der Waals surface area contributed by atoms with Crippen LogP contribution in [-0.2, 0) is 16.1 Å². The molecule has 1 amide bonds. The zero-order chi connectivity index (χ0) is 16.1. The van der Waals surface area contributed by atoms with Gasteiger partial charge in [0.1, 0.15) is 10.9 Å². The third kappa shape index (κ3) is 3.70. The smallest absolute Gasteiger partial charge is 0.326 e. The summed E-state index contributed by atoms with van der Waals surface area (Å²) in [6.45, 7) is 2.02. The number of nitrogens with zero attached hydrogens (tertiary/aromatic N) is 2. The number of aromatic nitrogens is 2. The van der Waals surface area contributed by atoms with Crippen LogP contribution < -0.4 is 10.9 Å². The highest BCUT2D eigenvalue weighted by Gasteiger charge is 2.18. The summed E-state index contributed by atoms with van der Waals surface area (Å²) in [5, 5.41) is 13.8. The highest BCUT2D eigenvalue weighted by Crippen LogP contribution is 2.13. The Bertz CT molecular complexity index is 737. The van der Waals surface area contributed by atoms with Crippen LogP contribution in [0.25, 0.3) is 10.2 Å². The SMILES string of the molecule is CCCC(NC(=O)CCn1cnc2sccc2c1=O)C(=O)O. The molecule has 0 spiro atoms. The molecule has 1 unspecified atom stereocenters. The Labute approximate surface area is 130 Å². The lowest BCUT2D eigenvalue weighted by molar-refractivity contribution is -0.142. The quantitative estimate of drug-likeness (QED) is 0.798. The molecule has 0 saturated heterocycles. The van der Waals surface area contributed by atoms with Crippen molar-refractivity contribution in [2.24, 2.45) is 0 Å². The van der Waals surface area contributed by atoms with Crippen LogP contribution in [0, 0.1) is 0 Å². The number of carboxylic acids is 1. The predicted molar refractivity (Wildman–Crippen MR) is 83.0 cm³/mol. The number of carbonyl (C=O) groups excluding carboxylic acids is 1. The highest BCUT2D eigenvalue weighted by molar-refractivity contribution is 7.16. The lowest BCUT2D eigenvalue weighted by atomic mass is 10.1. The van der Waals surface area contributed by atoms with Crippen LogP contribution >= 0.6 is 11.3 Å². The van der Waals surface area contributed by atoms with Gasteiger partial charge in [0.15, 0.2) is 0 Å². The molecular formula is C14H17N3O4S. The van der Waals surface area contributed by atoms with Gasteiger partial charge in [0, 0.05) is 13.0 Å². The third-order valence-electron chi connectivity index (χ3n) is 3.24. The molecule has 22 heavy (non-hydrogen) atoms. The Balaban J connectivity index is 1.99. The van der Waals surface area contributed by atoms with Crippen LogP contribution in [0.5, 0.6) is 0 Å². The largest absolute Gasteiger partial charge is 0.480 e. The minimum absolute atomic E-state index is 0.0325. The number of fused-ring (bicyclic) bond motifs is 1. The van der Waals surface area contributed by atoms with E-state index in [0.29, 0.717) is 23.1 Å². The van der Waals surface area contributed by atoms with E-state index in [9.17, 15) is 14.4 Å². The number of nitrogens with one attached hydrogen (secondary N) is 1. The molecule has 0 aliphatic heterocycles. The fourth-order valence-corrected chi connectivity index (χ4v) is 2.81. The van der Waals surface area contributed by atoms with Crippen LogP contribution in [0.1, 0.15) is 26.2 Å². The zero-order valence-electron chi connectivity index (χ0n) is 12.1. The number of carboxylic acid groups (broad SMARTS) is 1. The van der Waals surface area contributed by atoms with Gasteiger partial charge < -0.3 is 10.4 Å². The van der Waals surface area contributed by atoms with Gasteiger partial charge in [0.2, 0.25) is 5.91 Å². The average molecular weight is 323 g/mol. The Morgan fingerprint density at radius 3 is 2.95 bits per heavy atom. The first kappa shape index (κ1) is 16.2. The third-order valence-corrected chi connectivity index (χ3v) is 4.06. The van der Waals surface area contributed by atoms with Crippen LogP contribution in [-0.4, -0.2) is 32.6 Å². The predicted octanol–water partition coefficient (Wildman–Crippen LogP) is 1.22. The lowest BCUT2D eigenvalue weighted by Gasteiger charge is -2.13. The number of thiophene rings is 1. The molecule has 2 aromatic heterocycles. The molecule has 7 nitrogen and oxygen atoms in total. The molecule has 0 aliphatic rings. The maximum Gasteiger partial charge on any atom is 0.326 e. The van der Waals surface area contributed by atoms with Crippen molar-refractivity contribution in [1.82, 2.24) is 14.9 Å². The minimum atomic E-state index is -1.05. The summed E-state index contributed by atoms with van der Waals surface area (Å²) in [4.78, 5) is 39.8. The average Bonchev–Trinajstić information content (AvgIpc) is 2.95. The monoisotopic (exact) mass is 323 g/mol.